The van der Waals surface area contributed by atoms with Gasteiger partial charge in [-0.3, -0.25) is 0 Å². The Morgan fingerprint density at radius 2 is 2.06 bits per heavy atom. The van der Waals surface area contributed by atoms with Crippen LogP contribution in [-0.4, -0.2) is 20.2 Å². The van der Waals surface area contributed by atoms with Gasteiger partial charge in [-0.1, -0.05) is 19.8 Å². The average molecular weight is 259 g/mol. The van der Waals surface area contributed by atoms with Crippen LogP contribution in [0, 0.1) is 17.8 Å². The SMILES string of the molecule is CCCCS(=O)(=O)N[C@@H](C)[C@H]1C[C@@H]2CC[C@@H]1C2. The van der Waals surface area contributed by atoms with Gasteiger partial charge < -0.3 is 0 Å². The number of unbranched alkanes of at least 4 members (excludes halogenated alkanes) is 1. The molecule has 2 bridgehead atoms. The number of rotatable bonds is 6. The average Bonchev–Trinajstić information content (AvgIpc) is 2.87. The molecule has 0 saturated heterocycles. The van der Waals surface area contributed by atoms with Crippen molar-refractivity contribution in [1.29, 1.82) is 0 Å². The van der Waals surface area contributed by atoms with E-state index in [4.69, 9.17) is 0 Å². The summed E-state index contributed by atoms with van der Waals surface area (Å²) >= 11 is 0. The molecule has 2 fully saturated rings. The number of sulfonamides is 1. The van der Waals surface area contributed by atoms with Crippen LogP contribution < -0.4 is 4.72 Å². The van der Waals surface area contributed by atoms with Gasteiger partial charge in [-0.15, -0.1) is 0 Å². The lowest BCUT2D eigenvalue weighted by atomic mass is 9.84. The van der Waals surface area contributed by atoms with Crippen molar-refractivity contribution < 1.29 is 8.42 Å². The number of hydrogen-bond acceptors (Lipinski definition) is 2. The molecule has 4 atom stereocenters. The molecular formula is C13H25NO2S. The zero-order valence-electron chi connectivity index (χ0n) is 11.0. The molecule has 2 aliphatic carbocycles. The Balaban J connectivity index is 1.86. The summed E-state index contributed by atoms with van der Waals surface area (Å²) in [5.41, 5.74) is 0. The fraction of sp³-hybridized carbons (Fsp3) is 1.00. The smallest absolute Gasteiger partial charge is 0.211 e. The van der Waals surface area contributed by atoms with Crippen molar-refractivity contribution in [2.24, 2.45) is 17.8 Å². The van der Waals surface area contributed by atoms with Gasteiger partial charge in [0.05, 0.1) is 5.75 Å². The minimum atomic E-state index is -3.05. The summed E-state index contributed by atoms with van der Waals surface area (Å²) in [6, 6.07) is 0.132. The quantitative estimate of drug-likeness (QED) is 0.796. The molecule has 0 radical (unpaired) electrons. The Bertz CT molecular complexity index is 352. The van der Waals surface area contributed by atoms with E-state index in [1.54, 1.807) is 0 Å². The van der Waals surface area contributed by atoms with Crippen LogP contribution >= 0.6 is 0 Å². The molecule has 2 aliphatic rings. The molecule has 0 aromatic carbocycles. The summed E-state index contributed by atoms with van der Waals surface area (Å²) in [5, 5.41) is 0. The highest BCUT2D eigenvalue weighted by Crippen LogP contribution is 2.49. The summed E-state index contributed by atoms with van der Waals surface area (Å²) in [5.74, 6) is 2.54. The molecule has 0 aromatic rings. The zero-order valence-corrected chi connectivity index (χ0v) is 11.8. The first-order valence-corrected chi connectivity index (χ1v) is 8.67. The lowest BCUT2D eigenvalue weighted by Crippen LogP contribution is -2.41. The third-order valence-corrected chi connectivity index (χ3v) is 6.12. The molecule has 2 rings (SSSR count). The molecule has 0 unspecified atom stereocenters. The highest BCUT2D eigenvalue weighted by atomic mass is 32.2. The highest BCUT2D eigenvalue weighted by Gasteiger charge is 2.42. The summed E-state index contributed by atoms with van der Waals surface area (Å²) < 4.78 is 26.6. The Morgan fingerprint density at radius 3 is 2.59 bits per heavy atom. The monoisotopic (exact) mass is 259 g/mol. The standard InChI is InChI=1S/C13H25NO2S/c1-3-4-7-17(15,16)14-10(2)13-9-11-5-6-12(13)8-11/h10-14H,3-9H2,1-2H3/t10-,11+,12+,13+/m0/s1. The molecule has 1 N–H and O–H groups in total. The molecule has 0 aliphatic heterocycles. The van der Waals surface area contributed by atoms with Gasteiger partial charge in [-0.2, -0.15) is 0 Å². The predicted molar refractivity (Wildman–Crippen MR) is 70.2 cm³/mol. The van der Waals surface area contributed by atoms with Crippen LogP contribution in [0.4, 0.5) is 0 Å². The highest BCUT2D eigenvalue weighted by molar-refractivity contribution is 7.89. The molecule has 0 aromatic heterocycles. The normalized spacial score (nSPS) is 34.1. The maximum atomic E-state index is 11.9. The predicted octanol–water partition coefficient (Wildman–Crippen LogP) is 2.53. The second kappa shape index (κ2) is 5.27. The van der Waals surface area contributed by atoms with E-state index < -0.39 is 10.0 Å². The van der Waals surface area contributed by atoms with Gasteiger partial charge in [0.25, 0.3) is 0 Å². The molecular weight excluding hydrogens is 234 g/mol. The van der Waals surface area contributed by atoms with Crippen molar-refractivity contribution in [3.63, 3.8) is 0 Å². The van der Waals surface area contributed by atoms with E-state index in [1.807, 2.05) is 6.92 Å². The van der Waals surface area contributed by atoms with Crippen LogP contribution in [0.1, 0.15) is 52.4 Å². The second-order valence-corrected chi connectivity index (χ2v) is 7.79. The fourth-order valence-electron chi connectivity index (χ4n) is 3.67. The minimum Gasteiger partial charge on any atom is -0.212 e. The molecule has 3 nitrogen and oxygen atoms in total. The Labute approximate surface area is 105 Å². The third-order valence-electron chi connectivity index (χ3n) is 4.57. The Kier molecular flexibility index (Phi) is 4.14. The van der Waals surface area contributed by atoms with E-state index >= 15 is 0 Å². The molecule has 4 heteroatoms. The van der Waals surface area contributed by atoms with Crippen LogP contribution in [0.2, 0.25) is 0 Å². The fourth-order valence-corrected chi connectivity index (χ4v) is 5.20. The summed E-state index contributed by atoms with van der Waals surface area (Å²) in [6.07, 6.45) is 6.96. The zero-order chi connectivity index (χ0) is 12.5. The number of nitrogens with one attached hydrogen (secondary N) is 1. The van der Waals surface area contributed by atoms with E-state index in [-0.39, 0.29) is 11.8 Å². The van der Waals surface area contributed by atoms with Crippen LogP contribution in [0.5, 0.6) is 0 Å². The molecule has 0 spiro atoms. The maximum absolute atomic E-state index is 11.9. The van der Waals surface area contributed by atoms with Crippen molar-refractivity contribution >= 4 is 10.0 Å². The van der Waals surface area contributed by atoms with Crippen molar-refractivity contribution in [2.45, 2.75) is 58.4 Å². The van der Waals surface area contributed by atoms with E-state index in [1.165, 1.54) is 25.7 Å². The van der Waals surface area contributed by atoms with Crippen LogP contribution in [0.3, 0.4) is 0 Å². The Hall–Kier alpha value is -0.0900. The van der Waals surface area contributed by atoms with Gasteiger partial charge >= 0.3 is 0 Å². The van der Waals surface area contributed by atoms with Gasteiger partial charge in [0.2, 0.25) is 10.0 Å². The van der Waals surface area contributed by atoms with Gasteiger partial charge in [0, 0.05) is 6.04 Å². The van der Waals surface area contributed by atoms with Crippen molar-refractivity contribution in [3.8, 4) is 0 Å². The molecule has 17 heavy (non-hydrogen) atoms. The summed E-state index contributed by atoms with van der Waals surface area (Å²) in [7, 11) is -3.05. The van der Waals surface area contributed by atoms with Crippen LogP contribution in [0.15, 0.2) is 0 Å². The van der Waals surface area contributed by atoms with Gasteiger partial charge in [-0.05, 0) is 50.4 Å². The van der Waals surface area contributed by atoms with E-state index in [0.29, 0.717) is 5.92 Å². The van der Waals surface area contributed by atoms with Crippen molar-refractivity contribution in [2.75, 3.05) is 5.75 Å². The van der Waals surface area contributed by atoms with E-state index in [0.717, 1.165) is 24.7 Å². The van der Waals surface area contributed by atoms with E-state index in [2.05, 4.69) is 11.6 Å². The van der Waals surface area contributed by atoms with Crippen molar-refractivity contribution in [3.05, 3.63) is 0 Å². The van der Waals surface area contributed by atoms with Gasteiger partial charge in [0.15, 0.2) is 0 Å². The van der Waals surface area contributed by atoms with Gasteiger partial charge in [-0.25, -0.2) is 13.1 Å². The first-order valence-electron chi connectivity index (χ1n) is 7.02. The molecule has 2 saturated carbocycles. The number of fused-ring (bicyclic) bond motifs is 2. The summed E-state index contributed by atoms with van der Waals surface area (Å²) in [6.45, 7) is 4.07. The van der Waals surface area contributed by atoms with Crippen LogP contribution in [-0.2, 0) is 10.0 Å². The second-order valence-electron chi connectivity index (χ2n) is 5.92. The van der Waals surface area contributed by atoms with E-state index in [9.17, 15) is 8.42 Å². The number of hydrogen-bond donors (Lipinski definition) is 1. The molecule has 100 valence electrons. The Morgan fingerprint density at radius 1 is 1.29 bits per heavy atom. The maximum Gasteiger partial charge on any atom is 0.211 e. The summed E-state index contributed by atoms with van der Waals surface area (Å²) in [4.78, 5) is 0. The lowest BCUT2D eigenvalue weighted by Gasteiger charge is -2.28. The molecule has 0 heterocycles. The first kappa shape index (κ1) is 13.3. The first-order chi connectivity index (χ1) is 8.02. The largest absolute Gasteiger partial charge is 0.212 e. The minimum absolute atomic E-state index is 0.132. The molecule has 0 amide bonds. The lowest BCUT2D eigenvalue weighted by molar-refractivity contribution is 0.280. The third kappa shape index (κ3) is 3.22. The van der Waals surface area contributed by atoms with Crippen molar-refractivity contribution in [1.82, 2.24) is 4.72 Å². The topological polar surface area (TPSA) is 46.2 Å². The van der Waals surface area contributed by atoms with Crippen LogP contribution in [0.25, 0.3) is 0 Å². The van der Waals surface area contributed by atoms with Gasteiger partial charge in [0.1, 0.15) is 0 Å².